The quantitative estimate of drug-likeness (QED) is 0.826. The Labute approximate surface area is 119 Å². The molecule has 1 atom stereocenters. The number of aryl methyl sites for hydroxylation is 1. The van der Waals surface area contributed by atoms with Crippen molar-refractivity contribution < 1.29 is 0 Å². The van der Waals surface area contributed by atoms with E-state index in [2.05, 4.69) is 48.4 Å². The molecule has 0 aromatic carbocycles. The molecule has 19 heavy (non-hydrogen) atoms. The Bertz CT molecular complexity index is 479. The first-order valence-corrected chi connectivity index (χ1v) is 7.87. The first-order chi connectivity index (χ1) is 9.33. The van der Waals surface area contributed by atoms with E-state index in [4.69, 9.17) is 0 Å². The highest BCUT2D eigenvalue weighted by atomic mass is 32.1. The lowest BCUT2D eigenvalue weighted by Crippen LogP contribution is -2.24. The van der Waals surface area contributed by atoms with E-state index >= 15 is 0 Å². The fourth-order valence-electron chi connectivity index (χ4n) is 2.11. The SMILES string of the molecule is CCCNC(Cc1ccc(CC)s1)c1ccccn1. The van der Waals surface area contributed by atoms with Gasteiger partial charge in [0.25, 0.3) is 0 Å². The zero-order valence-electron chi connectivity index (χ0n) is 11.7. The second-order valence-electron chi connectivity index (χ2n) is 4.69. The van der Waals surface area contributed by atoms with Crippen molar-refractivity contribution in [2.75, 3.05) is 6.54 Å². The molecule has 0 spiro atoms. The number of aromatic nitrogens is 1. The molecule has 0 fully saturated rings. The zero-order valence-corrected chi connectivity index (χ0v) is 12.5. The van der Waals surface area contributed by atoms with Crippen LogP contribution in [0.4, 0.5) is 0 Å². The molecular weight excluding hydrogens is 252 g/mol. The molecule has 1 N–H and O–H groups in total. The third kappa shape index (κ3) is 4.15. The summed E-state index contributed by atoms with van der Waals surface area (Å²) >= 11 is 1.92. The summed E-state index contributed by atoms with van der Waals surface area (Å²) in [6.45, 7) is 5.44. The minimum absolute atomic E-state index is 0.324. The molecule has 0 amide bonds. The Kier molecular flexibility index (Phi) is 5.55. The molecule has 0 aliphatic rings. The predicted octanol–water partition coefficient (Wildman–Crippen LogP) is 3.99. The molecule has 0 saturated heterocycles. The van der Waals surface area contributed by atoms with E-state index in [0.29, 0.717) is 6.04 Å². The van der Waals surface area contributed by atoms with Gasteiger partial charge in [-0.05, 0) is 43.7 Å². The Morgan fingerprint density at radius 2 is 2.00 bits per heavy atom. The molecule has 0 aliphatic carbocycles. The van der Waals surface area contributed by atoms with Gasteiger partial charge in [0.05, 0.1) is 11.7 Å². The van der Waals surface area contributed by atoms with Crippen LogP contribution < -0.4 is 5.32 Å². The molecule has 0 bridgehead atoms. The number of nitrogens with zero attached hydrogens (tertiary/aromatic N) is 1. The van der Waals surface area contributed by atoms with Crippen molar-refractivity contribution in [2.24, 2.45) is 0 Å². The van der Waals surface area contributed by atoms with E-state index in [1.807, 2.05) is 23.6 Å². The van der Waals surface area contributed by atoms with E-state index in [1.165, 1.54) is 9.75 Å². The van der Waals surface area contributed by atoms with Gasteiger partial charge in [-0.1, -0.05) is 19.9 Å². The second kappa shape index (κ2) is 7.41. The van der Waals surface area contributed by atoms with Gasteiger partial charge < -0.3 is 5.32 Å². The Morgan fingerprint density at radius 3 is 2.63 bits per heavy atom. The van der Waals surface area contributed by atoms with Gasteiger partial charge in [0.15, 0.2) is 0 Å². The van der Waals surface area contributed by atoms with E-state index < -0.39 is 0 Å². The van der Waals surface area contributed by atoms with Crippen LogP contribution in [0.3, 0.4) is 0 Å². The predicted molar refractivity (Wildman–Crippen MR) is 82.7 cm³/mol. The fourth-order valence-corrected chi connectivity index (χ4v) is 3.11. The van der Waals surface area contributed by atoms with Crippen molar-refractivity contribution in [3.63, 3.8) is 0 Å². The highest BCUT2D eigenvalue weighted by Gasteiger charge is 2.13. The van der Waals surface area contributed by atoms with Gasteiger partial charge in [0.2, 0.25) is 0 Å². The Hall–Kier alpha value is -1.19. The average molecular weight is 274 g/mol. The van der Waals surface area contributed by atoms with Gasteiger partial charge in [-0.2, -0.15) is 0 Å². The van der Waals surface area contributed by atoms with E-state index in [0.717, 1.165) is 31.5 Å². The molecule has 1 unspecified atom stereocenters. The number of rotatable bonds is 7. The fraction of sp³-hybridized carbons (Fsp3) is 0.438. The summed E-state index contributed by atoms with van der Waals surface area (Å²) < 4.78 is 0. The van der Waals surface area contributed by atoms with Crippen LogP contribution in [0.5, 0.6) is 0 Å². The second-order valence-corrected chi connectivity index (χ2v) is 5.94. The van der Waals surface area contributed by atoms with Crippen molar-refractivity contribution >= 4 is 11.3 Å². The maximum Gasteiger partial charge on any atom is 0.0576 e. The molecular formula is C16H22N2S. The van der Waals surface area contributed by atoms with Crippen LogP contribution in [0.25, 0.3) is 0 Å². The molecule has 2 rings (SSSR count). The monoisotopic (exact) mass is 274 g/mol. The molecule has 2 aromatic rings. The van der Waals surface area contributed by atoms with Gasteiger partial charge >= 0.3 is 0 Å². The lowest BCUT2D eigenvalue weighted by molar-refractivity contribution is 0.521. The number of pyridine rings is 1. The van der Waals surface area contributed by atoms with Gasteiger partial charge in [0.1, 0.15) is 0 Å². The topological polar surface area (TPSA) is 24.9 Å². The number of thiophene rings is 1. The molecule has 3 heteroatoms. The molecule has 0 aliphatic heterocycles. The van der Waals surface area contributed by atoms with E-state index in [1.54, 1.807) is 0 Å². The smallest absolute Gasteiger partial charge is 0.0576 e. The minimum Gasteiger partial charge on any atom is -0.308 e. The summed E-state index contributed by atoms with van der Waals surface area (Å²) in [7, 11) is 0. The maximum atomic E-state index is 4.50. The van der Waals surface area contributed by atoms with Crippen molar-refractivity contribution in [3.05, 3.63) is 52.0 Å². The summed E-state index contributed by atoms with van der Waals surface area (Å²) in [5.41, 5.74) is 1.14. The lowest BCUT2D eigenvalue weighted by atomic mass is 10.1. The summed E-state index contributed by atoms with van der Waals surface area (Å²) in [6.07, 6.45) is 5.18. The summed E-state index contributed by atoms with van der Waals surface area (Å²) in [4.78, 5) is 7.40. The van der Waals surface area contributed by atoms with Crippen LogP contribution in [0.1, 0.15) is 41.8 Å². The zero-order chi connectivity index (χ0) is 13.5. The van der Waals surface area contributed by atoms with Crippen molar-refractivity contribution in [2.45, 2.75) is 39.2 Å². The number of hydrogen-bond acceptors (Lipinski definition) is 3. The number of nitrogens with one attached hydrogen (secondary N) is 1. The van der Waals surface area contributed by atoms with Gasteiger partial charge in [0, 0.05) is 22.4 Å². The maximum absolute atomic E-state index is 4.50. The molecule has 102 valence electrons. The van der Waals surface area contributed by atoms with Crippen LogP contribution in [0, 0.1) is 0 Å². The normalized spacial score (nSPS) is 12.5. The number of hydrogen-bond donors (Lipinski definition) is 1. The van der Waals surface area contributed by atoms with Crippen molar-refractivity contribution in [1.29, 1.82) is 0 Å². The van der Waals surface area contributed by atoms with Crippen LogP contribution >= 0.6 is 11.3 Å². The van der Waals surface area contributed by atoms with Gasteiger partial charge in [-0.15, -0.1) is 11.3 Å². The Morgan fingerprint density at radius 1 is 1.16 bits per heavy atom. The third-order valence-corrected chi connectivity index (χ3v) is 4.41. The molecule has 0 saturated carbocycles. The molecule has 2 aromatic heterocycles. The highest BCUT2D eigenvalue weighted by Crippen LogP contribution is 2.23. The first-order valence-electron chi connectivity index (χ1n) is 7.05. The molecule has 2 heterocycles. The molecule has 0 radical (unpaired) electrons. The van der Waals surface area contributed by atoms with Crippen LogP contribution in [-0.4, -0.2) is 11.5 Å². The van der Waals surface area contributed by atoms with Crippen molar-refractivity contribution in [1.82, 2.24) is 10.3 Å². The van der Waals surface area contributed by atoms with E-state index in [-0.39, 0.29) is 0 Å². The third-order valence-electron chi connectivity index (χ3n) is 3.16. The van der Waals surface area contributed by atoms with Gasteiger partial charge in [-0.25, -0.2) is 0 Å². The molecule has 2 nitrogen and oxygen atoms in total. The van der Waals surface area contributed by atoms with Crippen molar-refractivity contribution in [3.8, 4) is 0 Å². The van der Waals surface area contributed by atoms with Crippen LogP contribution in [-0.2, 0) is 12.8 Å². The highest BCUT2D eigenvalue weighted by molar-refractivity contribution is 7.11. The lowest BCUT2D eigenvalue weighted by Gasteiger charge is -2.17. The minimum atomic E-state index is 0.324. The Balaban J connectivity index is 2.09. The van der Waals surface area contributed by atoms with Crippen LogP contribution in [0.15, 0.2) is 36.5 Å². The largest absolute Gasteiger partial charge is 0.308 e. The van der Waals surface area contributed by atoms with Gasteiger partial charge in [-0.3, -0.25) is 4.98 Å². The summed E-state index contributed by atoms with van der Waals surface area (Å²) in [5, 5.41) is 3.61. The standard InChI is InChI=1S/C16H22N2S/c1-3-10-17-16(15-7-5-6-11-18-15)12-14-9-8-13(4-2)19-14/h5-9,11,16-17H,3-4,10,12H2,1-2H3. The van der Waals surface area contributed by atoms with E-state index in [9.17, 15) is 0 Å². The summed E-state index contributed by atoms with van der Waals surface area (Å²) in [6, 6.07) is 11.0. The van der Waals surface area contributed by atoms with Crippen LogP contribution in [0.2, 0.25) is 0 Å². The average Bonchev–Trinajstić information content (AvgIpc) is 2.92. The summed E-state index contributed by atoms with van der Waals surface area (Å²) in [5.74, 6) is 0. The first kappa shape index (κ1) is 14.2.